The molecule has 0 spiro atoms. The first kappa shape index (κ1) is 20.5. The molecule has 6 heteroatoms. The Morgan fingerprint density at radius 3 is 2.33 bits per heavy atom. The van der Waals surface area contributed by atoms with Crippen molar-refractivity contribution in [3.63, 3.8) is 0 Å². The molecule has 0 aromatic heterocycles. The number of halogens is 3. The first-order chi connectivity index (χ1) is 12.7. The highest BCUT2D eigenvalue weighted by Gasteiger charge is 2.36. The van der Waals surface area contributed by atoms with E-state index in [1.165, 1.54) is 0 Å². The van der Waals surface area contributed by atoms with E-state index in [1.54, 1.807) is 6.07 Å². The van der Waals surface area contributed by atoms with Crippen molar-refractivity contribution in [2.24, 2.45) is 5.41 Å². The van der Waals surface area contributed by atoms with Crippen molar-refractivity contribution < 1.29 is 4.79 Å². The lowest BCUT2D eigenvalue weighted by Gasteiger charge is -2.45. The molecule has 1 atom stereocenters. The van der Waals surface area contributed by atoms with Crippen LogP contribution in [0.25, 0.3) is 0 Å². The summed E-state index contributed by atoms with van der Waals surface area (Å²) in [6.07, 6.45) is 0. The highest BCUT2D eigenvalue weighted by molar-refractivity contribution is 9.10. The molecule has 0 N–H and O–H groups in total. The lowest BCUT2D eigenvalue weighted by Crippen LogP contribution is -2.53. The second-order valence-corrected chi connectivity index (χ2v) is 9.62. The third-order valence-corrected chi connectivity index (χ3v) is 5.85. The molecule has 27 heavy (non-hydrogen) atoms. The summed E-state index contributed by atoms with van der Waals surface area (Å²) in [6.45, 7) is 7.97. The van der Waals surface area contributed by atoms with Gasteiger partial charge in [-0.05, 0) is 35.9 Å². The third-order valence-electron chi connectivity index (χ3n) is 4.79. The molecule has 3 rings (SSSR count). The van der Waals surface area contributed by atoms with Crippen molar-refractivity contribution in [3.05, 3.63) is 62.5 Å². The predicted molar refractivity (Wildman–Crippen MR) is 117 cm³/mol. The van der Waals surface area contributed by atoms with E-state index < -0.39 is 5.41 Å². The summed E-state index contributed by atoms with van der Waals surface area (Å²) in [5.74, 6) is 0.164. The zero-order valence-corrected chi connectivity index (χ0v) is 18.8. The van der Waals surface area contributed by atoms with E-state index in [0.29, 0.717) is 23.1 Å². The number of amides is 1. The molecule has 1 heterocycles. The Hall–Kier alpha value is -1.23. The molecule has 1 aliphatic heterocycles. The van der Waals surface area contributed by atoms with E-state index in [-0.39, 0.29) is 11.9 Å². The molecule has 0 saturated carbocycles. The quantitative estimate of drug-likeness (QED) is 0.523. The number of nitrogens with zero attached hydrogens (tertiary/aromatic N) is 2. The third kappa shape index (κ3) is 4.61. The maximum atomic E-state index is 13.1. The summed E-state index contributed by atoms with van der Waals surface area (Å²) in [5, 5.41) is 1.25. The van der Waals surface area contributed by atoms with Gasteiger partial charge in [0.1, 0.15) is 0 Å². The minimum absolute atomic E-state index is 0.0367. The highest BCUT2D eigenvalue weighted by atomic mass is 79.9. The van der Waals surface area contributed by atoms with E-state index in [4.69, 9.17) is 23.2 Å². The Bertz CT molecular complexity index is 833. The summed E-state index contributed by atoms with van der Waals surface area (Å²) >= 11 is 16.0. The van der Waals surface area contributed by atoms with Gasteiger partial charge in [0.05, 0.1) is 16.8 Å². The molecule has 1 saturated heterocycles. The molecule has 0 bridgehead atoms. The van der Waals surface area contributed by atoms with Gasteiger partial charge in [0.25, 0.3) is 0 Å². The maximum absolute atomic E-state index is 13.1. The second kappa shape index (κ2) is 8.02. The summed E-state index contributed by atoms with van der Waals surface area (Å²) in [7, 11) is 0. The molecule has 1 amide bonds. The number of rotatable bonds is 2. The van der Waals surface area contributed by atoms with Crippen molar-refractivity contribution in [1.82, 2.24) is 4.90 Å². The average molecular weight is 470 g/mol. The van der Waals surface area contributed by atoms with Gasteiger partial charge < -0.3 is 9.80 Å². The largest absolute Gasteiger partial charge is 0.366 e. The first-order valence-corrected chi connectivity index (χ1v) is 10.5. The van der Waals surface area contributed by atoms with Crippen LogP contribution in [-0.2, 0) is 4.79 Å². The van der Waals surface area contributed by atoms with E-state index in [1.807, 2.05) is 49.9 Å². The standard InChI is InChI=1S/C21H23BrCl2N2O/c1-21(2,3)20(27)26-11-10-25(18-9-8-16(23)12-17(18)24)13-19(26)14-4-6-15(22)7-5-14/h4-9,12,19H,10-11,13H2,1-3H3. The molecule has 0 radical (unpaired) electrons. The lowest BCUT2D eigenvalue weighted by molar-refractivity contribution is -0.142. The maximum Gasteiger partial charge on any atom is 0.228 e. The van der Waals surface area contributed by atoms with Crippen molar-refractivity contribution >= 4 is 50.7 Å². The topological polar surface area (TPSA) is 23.6 Å². The summed E-state index contributed by atoms with van der Waals surface area (Å²) in [5.41, 5.74) is 1.64. The number of hydrogen-bond acceptors (Lipinski definition) is 2. The van der Waals surface area contributed by atoms with Crippen molar-refractivity contribution in [2.45, 2.75) is 26.8 Å². The molecular weight excluding hydrogens is 447 g/mol. The molecule has 1 fully saturated rings. The van der Waals surface area contributed by atoms with Crippen LogP contribution in [0.5, 0.6) is 0 Å². The average Bonchev–Trinajstić information content (AvgIpc) is 2.60. The number of benzene rings is 2. The van der Waals surface area contributed by atoms with Gasteiger partial charge in [-0.3, -0.25) is 4.79 Å². The first-order valence-electron chi connectivity index (χ1n) is 8.93. The zero-order chi connectivity index (χ0) is 19.8. The predicted octanol–water partition coefficient (Wildman–Crippen LogP) is 6.19. The number of anilines is 1. The van der Waals surface area contributed by atoms with Gasteiger partial charge in [-0.1, -0.05) is 72.0 Å². The number of hydrogen-bond donors (Lipinski definition) is 0. The van der Waals surface area contributed by atoms with Gasteiger partial charge in [0, 0.05) is 34.5 Å². The minimum atomic E-state index is -0.423. The molecule has 3 nitrogen and oxygen atoms in total. The SMILES string of the molecule is CC(C)(C)C(=O)N1CCN(c2ccc(Cl)cc2Cl)CC1c1ccc(Br)cc1. The monoisotopic (exact) mass is 468 g/mol. The molecule has 2 aromatic carbocycles. The van der Waals surface area contributed by atoms with Gasteiger partial charge >= 0.3 is 0 Å². The Kier molecular flexibility index (Phi) is 6.09. The van der Waals surface area contributed by atoms with Crippen LogP contribution in [0, 0.1) is 5.41 Å². The lowest BCUT2D eigenvalue weighted by atomic mass is 9.91. The van der Waals surface area contributed by atoms with E-state index in [2.05, 4.69) is 33.0 Å². The van der Waals surface area contributed by atoms with Gasteiger partial charge in [0.15, 0.2) is 0 Å². The van der Waals surface area contributed by atoms with E-state index >= 15 is 0 Å². The molecule has 144 valence electrons. The fourth-order valence-corrected chi connectivity index (χ4v) is 4.18. The van der Waals surface area contributed by atoms with E-state index in [0.717, 1.165) is 22.3 Å². The zero-order valence-electron chi connectivity index (χ0n) is 15.7. The van der Waals surface area contributed by atoms with Crippen LogP contribution in [0.4, 0.5) is 5.69 Å². The summed E-state index contributed by atoms with van der Waals surface area (Å²) < 4.78 is 1.02. The normalized spacial score (nSPS) is 17.9. The van der Waals surface area contributed by atoms with Crippen LogP contribution in [0.2, 0.25) is 10.0 Å². The Morgan fingerprint density at radius 2 is 1.74 bits per heavy atom. The van der Waals surface area contributed by atoms with Crippen LogP contribution in [0.15, 0.2) is 46.9 Å². The van der Waals surface area contributed by atoms with Crippen molar-refractivity contribution in [3.8, 4) is 0 Å². The molecule has 2 aromatic rings. The smallest absolute Gasteiger partial charge is 0.228 e. The van der Waals surface area contributed by atoms with Crippen molar-refractivity contribution in [2.75, 3.05) is 24.5 Å². The van der Waals surface area contributed by atoms with Gasteiger partial charge in [0.2, 0.25) is 5.91 Å². The van der Waals surface area contributed by atoms with Gasteiger partial charge in [-0.15, -0.1) is 0 Å². The Balaban J connectivity index is 1.95. The van der Waals surface area contributed by atoms with Gasteiger partial charge in [-0.25, -0.2) is 0 Å². The van der Waals surface area contributed by atoms with E-state index in [9.17, 15) is 4.79 Å². The second-order valence-electron chi connectivity index (χ2n) is 7.86. The summed E-state index contributed by atoms with van der Waals surface area (Å²) in [4.78, 5) is 17.3. The fourth-order valence-electron chi connectivity index (χ4n) is 3.38. The Labute approximate surface area is 179 Å². The molecule has 1 unspecified atom stereocenters. The van der Waals surface area contributed by atoms with Crippen LogP contribution >= 0.6 is 39.1 Å². The van der Waals surface area contributed by atoms with Crippen LogP contribution < -0.4 is 4.90 Å². The van der Waals surface area contributed by atoms with Crippen LogP contribution in [0.1, 0.15) is 32.4 Å². The molecule has 1 aliphatic rings. The van der Waals surface area contributed by atoms with Crippen LogP contribution in [0.3, 0.4) is 0 Å². The van der Waals surface area contributed by atoms with Crippen LogP contribution in [-0.4, -0.2) is 30.4 Å². The van der Waals surface area contributed by atoms with Gasteiger partial charge in [-0.2, -0.15) is 0 Å². The van der Waals surface area contributed by atoms with Crippen molar-refractivity contribution in [1.29, 1.82) is 0 Å². The minimum Gasteiger partial charge on any atom is -0.366 e. The number of carbonyl (C=O) groups excluding carboxylic acids is 1. The molecular formula is C21H23BrCl2N2O. The number of carbonyl (C=O) groups is 1. The molecule has 0 aliphatic carbocycles. The number of piperazine rings is 1. The summed E-state index contributed by atoms with van der Waals surface area (Å²) in [6, 6.07) is 13.7. The Morgan fingerprint density at radius 1 is 1.07 bits per heavy atom. The fraction of sp³-hybridized carbons (Fsp3) is 0.381. The highest BCUT2D eigenvalue weighted by Crippen LogP contribution is 2.35.